The lowest BCUT2D eigenvalue weighted by Gasteiger charge is -2.33. The molecular weight excluding hydrogens is 546 g/mol. The van der Waals surface area contributed by atoms with Gasteiger partial charge in [0.15, 0.2) is 22.2 Å². The number of amides is 1. The highest BCUT2D eigenvalue weighted by Gasteiger charge is 2.30. The number of anilines is 2. The van der Waals surface area contributed by atoms with Crippen LogP contribution in [0.5, 0.6) is 11.9 Å². The minimum atomic E-state index is -0.184. The molecule has 15 heteroatoms. The maximum atomic E-state index is 13.5. The molecule has 0 unspecified atom stereocenters. The van der Waals surface area contributed by atoms with E-state index in [9.17, 15) is 4.79 Å². The third-order valence-electron chi connectivity index (χ3n) is 7.46. The summed E-state index contributed by atoms with van der Waals surface area (Å²) < 4.78 is 13.0. The highest BCUT2D eigenvalue weighted by atomic mass is 32.1. The maximum absolute atomic E-state index is 13.5. The molecule has 2 aliphatic rings. The van der Waals surface area contributed by atoms with Crippen LogP contribution in [0, 0.1) is 6.92 Å². The fraction of sp³-hybridized carbons (Fsp3) is 0.500. The Hall–Kier alpha value is -4.11. The molecule has 4 aromatic rings. The third kappa shape index (κ3) is 5.59. The number of nitrogens with one attached hydrogen (secondary N) is 1. The van der Waals surface area contributed by atoms with Crippen LogP contribution in [0.2, 0.25) is 0 Å². The number of thiazole rings is 1. The van der Waals surface area contributed by atoms with E-state index in [2.05, 4.69) is 35.1 Å². The molecule has 1 saturated heterocycles. The Morgan fingerprint density at radius 2 is 1.98 bits per heavy atom. The fourth-order valence-electron chi connectivity index (χ4n) is 5.42. The van der Waals surface area contributed by atoms with E-state index in [0.717, 1.165) is 50.1 Å². The molecule has 5 N–H and O–H groups in total. The monoisotopic (exact) mass is 579 g/mol. The smallest absolute Gasteiger partial charge is 0.318 e. The molecule has 41 heavy (non-hydrogen) atoms. The van der Waals surface area contributed by atoms with Gasteiger partial charge in [0.25, 0.3) is 5.91 Å². The first-order valence-electron chi connectivity index (χ1n) is 13.7. The van der Waals surface area contributed by atoms with Crippen molar-refractivity contribution in [1.29, 1.82) is 0 Å². The second kappa shape index (κ2) is 11.4. The summed E-state index contributed by atoms with van der Waals surface area (Å²) in [4.78, 5) is 37.7. The molecule has 4 aromatic heterocycles. The summed E-state index contributed by atoms with van der Waals surface area (Å²) >= 11 is 1.35. The van der Waals surface area contributed by atoms with E-state index in [1.165, 1.54) is 24.8 Å². The minimum absolute atomic E-state index is 0.0268. The molecule has 1 aliphatic carbocycles. The summed E-state index contributed by atoms with van der Waals surface area (Å²) in [6.45, 7) is 3.15. The zero-order valence-electron chi connectivity index (χ0n) is 23.0. The van der Waals surface area contributed by atoms with Crippen LogP contribution in [0.1, 0.15) is 53.2 Å². The van der Waals surface area contributed by atoms with Gasteiger partial charge in [0.1, 0.15) is 23.6 Å². The molecule has 0 aromatic carbocycles. The van der Waals surface area contributed by atoms with Crippen LogP contribution in [0.15, 0.2) is 18.6 Å². The predicted molar refractivity (Wildman–Crippen MR) is 154 cm³/mol. The van der Waals surface area contributed by atoms with Crippen LogP contribution < -0.4 is 31.2 Å². The van der Waals surface area contributed by atoms with Gasteiger partial charge in [0.05, 0.1) is 12.1 Å². The number of nitrogens with two attached hydrogens (primary N) is 2. The summed E-state index contributed by atoms with van der Waals surface area (Å²) in [6.07, 6.45) is 8.25. The number of methoxy groups -OCH3 is 1. The summed E-state index contributed by atoms with van der Waals surface area (Å²) in [7, 11) is 1.50. The van der Waals surface area contributed by atoms with E-state index in [1.54, 1.807) is 16.9 Å². The molecule has 1 saturated carbocycles. The Bertz CT molecular complexity index is 1550. The van der Waals surface area contributed by atoms with Crippen LogP contribution in [0.4, 0.5) is 11.6 Å². The number of carbonyl (C=O) groups is 1. The van der Waals surface area contributed by atoms with Crippen molar-refractivity contribution in [3.05, 3.63) is 28.5 Å². The number of hydrogen-bond acceptors (Lipinski definition) is 13. The van der Waals surface area contributed by atoms with Crippen molar-refractivity contribution < 1.29 is 14.3 Å². The molecule has 1 atom stereocenters. The number of ether oxygens (including phenoxy) is 2. The Labute approximate surface area is 240 Å². The number of hydrogen-bond donors (Lipinski definition) is 3. The first-order valence-corrected chi connectivity index (χ1v) is 14.5. The summed E-state index contributed by atoms with van der Waals surface area (Å²) in [5.41, 5.74) is 12.9. The minimum Gasteiger partial charge on any atom is -0.473 e. The number of nitrogen functional groups attached to an aromatic ring is 1. The topological polar surface area (TPSA) is 185 Å². The van der Waals surface area contributed by atoms with Crippen LogP contribution in [0.25, 0.3) is 16.9 Å². The van der Waals surface area contributed by atoms with E-state index in [0.29, 0.717) is 45.8 Å². The Balaban J connectivity index is 1.22. The zero-order valence-corrected chi connectivity index (χ0v) is 23.8. The van der Waals surface area contributed by atoms with Gasteiger partial charge >= 0.3 is 6.01 Å². The summed E-state index contributed by atoms with van der Waals surface area (Å²) in [6, 6.07) is 2.03. The maximum Gasteiger partial charge on any atom is 0.318 e. The quantitative estimate of drug-likeness (QED) is 0.290. The number of aromatic nitrogens is 7. The molecule has 216 valence electrons. The number of fused-ring (bicyclic) bond motifs is 1. The van der Waals surface area contributed by atoms with Crippen molar-refractivity contribution in [3.63, 3.8) is 0 Å². The number of rotatable bonds is 7. The van der Waals surface area contributed by atoms with Crippen LogP contribution in [-0.4, -0.2) is 79.0 Å². The average Bonchev–Trinajstić information content (AvgIpc) is 3.56. The Kier molecular flexibility index (Phi) is 7.53. The van der Waals surface area contributed by atoms with Crippen LogP contribution in [0.3, 0.4) is 0 Å². The number of nitrogens with zero attached hydrogens (tertiary/aromatic N) is 8. The SMILES string of the molecule is COc1nccc(-n2nc(N3CCC[C@@H](NC(=O)c4sc(C)nc4OC4CCC(N)CC4)C3)c3c(N)ncnc32)n1. The van der Waals surface area contributed by atoms with Gasteiger partial charge in [-0.15, -0.1) is 16.4 Å². The van der Waals surface area contributed by atoms with Crippen molar-refractivity contribution in [2.24, 2.45) is 5.73 Å². The van der Waals surface area contributed by atoms with Gasteiger partial charge in [0.2, 0.25) is 5.88 Å². The number of carbonyl (C=O) groups excluding carboxylic acids is 1. The van der Waals surface area contributed by atoms with Gasteiger partial charge in [-0.2, -0.15) is 9.67 Å². The van der Waals surface area contributed by atoms with Crippen molar-refractivity contribution in [1.82, 2.24) is 40.0 Å². The third-order valence-corrected chi connectivity index (χ3v) is 8.41. The highest BCUT2D eigenvalue weighted by molar-refractivity contribution is 7.13. The Morgan fingerprint density at radius 1 is 1.15 bits per heavy atom. The lowest BCUT2D eigenvalue weighted by molar-refractivity contribution is 0.0923. The van der Waals surface area contributed by atoms with Gasteiger partial charge < -0.3 is 31.2 Å². The molecule has 1 amide bonds. The molecule has 5 heterocycles. The standard InChI is InChI=1S/C26H33N11O3S/c1-14-32-25(40-17-7-5-15(27)6-8-17)20(41-14)24(38)33-16-4-3-11-36(12-16)23-19-21(28)30-13-31-22(19)37(35-23)18-9-10-29-26(34-18)39-2/h9-10,13,15-17H,3-8,11-12,27H2,1-2H3,(H,33,38)(H2,28,30,31)/t15?,16-,17?/m1/s1. The van der Waals surface area contributed by atoms with Gasteiger partial charge in [-0.3, -0.25) is 4.79 Å². The number of aryl methyl sites for hydroxylation is 1. The van der Waals surface area contributed by atoms with Gasteiger partial charge in [-0.1, -0.05) is 0 Å². The normalized spacial score (nSPS) is 21.1. The lowest BCUT2D eigenvalue weighted by atomic mass is 9.94. The molecular formula is C26H33N11O3S. The van der Waals surface area contributed by atoms with E-state index in [1.807, 2.05) is 6.92 Å². The highest BCUT2D eigenvalue weighted by Crippen LogP contribution is 2.33. The first-order chi connectivity index (χ1) is 19.9. The second-order valence-electron chi connectivity index (χ2n) is 10.4. The van der Waals surface area contributed by atoms with Gasteiger partial charge in [0, 0.05) is 37.4 Å². The fourth-order valence-corrected chi connectivity index (χ4v) is 6.18. The molecule has 6 rings (SSSR count). The van der Waals surface area contributed by atoms with Crippen molar-refractivity contribution >= 4 is 39.9 Å². The zero-order chi connectivity index (χ0) is 28.5. The van der Waals surface area contributed by atoms with Gasteiger partial charge in [-0.05, 0) is 45.4 Å². The van der Waals surface area contributed by atoms with Gasteiger partial charge in [-0.25, -0.2) is 19.9 Å². The Morgan fingerprint density at radius 3 is 2.78 bits per heavy atom. The van der Waals surface area contributed by atoms with E-state index < -0.39 is 0 Å². The molecule has 14 nitrogen and oxygen atoms in total. The predicted octanol–water partition coefficient (Wildman–Crippen LogP) is 2.01. The van der Waals surface area contributed by atoms with Crippen LogP contribution in [-0.2, 0) is 0 Å². The first kappa shape index (κ1) is 27.1. The summed E-state index contributed by atoms with van der Waals surface area (Å²) in [5.74, 6) is 1.65. The molecule has 2 fully saturated rings. The average molecular weight is 580 g/mol. The lowest BCUT2D eigenvalue weighted by Crippen LogP contribution is -2.48. The van der Waals surface area contributed by atoms with Crippen molar-refractivity contribution in [2.45, 2.75) is 63.6 Å². The molecule has 0 radical (unpaired) electrons. The molecule has 1 aliphatic heterocycles. The van der Waals surface area contributed by atoms with Crippen molar-refractivity contribution in [2.75, 3.05) is 30.8 Å². The largest absolute Gasteiger partial charge is 0.473 e. The second-order valence-corrected chi connectivity index (χ2v) is 11.6. The van der Waals surface area contributed by atoms with E-state index in [-0.39, 0.29) is 30.1 Å². The molecule has 0 bridgehead atoms. The van der Waals surface area contributed by atoms with E-state index >= 15 is 0 Å². The van der Waals surface area contributed by atoms with Crippen molar-refractivity contribution in [3.8, 4) is 17.7 Å². The number of piperidine rings is 1. The van der Waals surface area contributed by atoms with Crippen LogP contribution >= 0.6 is 11.3 Å². The van der Waals surface area contributed by atoms with E-state index in [4.69, 9.17) is 26.0 Å². The molecule has 0 spiro atoms. The summed E-state index contributed by atoms with van der Waals surface area (Å²) in [5, 5.41) is 9.46.